The lowest BCUT2D eigenvalue weighted by Crippen LogP contribution is -2.43. The summed E-state index contributed by atoms with van der Waals surface area (Å²) in [5.41, 5.74) is 6.96. The molecule has 2 fully saturated rings. The highest BCUT2D eigenvalue weighted by atomic mass is 16.5. The average molecular weight is 541 g/mol. The second-order valence-corrected chi connectivity index (χ2v) is 11.3. The van der Waals surface area contributed by atoms with Gasteiger partial charge in [-0.15, -0.1) is 0 Å². The average Bonchev–Trinajstić information content (AvgIpc) is 3.44. The number of carbonyl (C=O) groups is 1. The molecule has 2 aromatic carbocycles. The summed E-state index contributed by atoms with van der Waals surface area (Å²) in [6.45, 7) is 7.48. The van der Waals surface area contributed by atoms with Gasteiger partial charge in [-0.25, -0.2) is 9.97 Å². The fourth-order valence-electron chi connectivity index (χ4n) is 6.16. The molecule has 1 N–H and O–H groups in total. The highest BCUT2D eigenvalue weighted by Crippen LogP contribution is 2.27. The van der Waals surface area contributed by atoms with Crippen LogP contribution in [0.25, 0.3) is 11.3 Å². The first-order valence-electron chi connectivity index (χ1n) is 14.7. The van der Waals surface area contributed by atoms with Crippen LogP contribution < -0.4 is 10.2 Å². The number of carbonyl (C=O) groups excluding carboxylic acids is 1. The summed E-state index contributed by atoms with van der Waals surface area (Å²) < 4.78 is 5.62. The Morgan fingerprint density at radius 1 is 0.900 bits per heavy atom. The Hall–Kier alpha value is -3.33. The molecule has 0 unspecified atom stereocenters. The van der Waals surface area contributed by atoms with Gasteiger partial charge in [-0.2, -0.15) is 0 Å². The van der Waals surface area contributed by atoms with E-state index in [2.05, 4.69) is 74.5 Å². The molecule has 0 saturated carbocycles. The van der Waals surface area contributed by atoms with Gasteiger partial charge in [0.1, 0.15) is 5.82 Å². The molecule has 210 valence electrons. The van der Waals surface area contributed by atoms with E-state index in [-0.39, 0.29) is 11.9 Å². The van der Waals surface area contributed by atoms with Crippen molar-refractivity contribution in [3.05, 3.63) is 77.2 Å². The maximum absolute atomic E-state index is 13.2. The number of rotatable bonds is 1. The third kappa shape index (κ3) is 6.52. The van der Waals surface area contributed by atoms with Crippen molar-refractivity contribution in [2.75, 3.05) is 57.9 Å². The third-order valence-electron chi connectivity index (χ3n) is 8.25. The van der Waals surface area contributed by atoms with Gasteiger partial charge in [-0.1, -0.05) is 30.3 Å². The fourth-order valence-corrected chi connectivity index (χ4v) is 6.16. The molecule has 8 nitrogen and oxygen atoms in total. The fraction of sp³-hybridized carbons (Fsp3) is 0.469. The highest BCUT2D eigenvalue weighted by molar-refractivity contribution is 5.82. The van der Waals surface area contributed by atoms with E-state index in [1.165, 1.54) is 22.4 Å². The molecule has 4 aliphatic rings. The van der Waals surface area contributed by atoms with Gasteiger partial charge < -0.3 is 19.9 Å². The zero-order valence-electron chi connectivity index (χ0n) is 23.5. The summed E-state index contributed by atoms with van der Waals surface area (Å²) in [6.07, 6.45) is 5.43. The van der Waals surface area contributed by atoms with Gasteiger partial charge in [0.15, 0.2) is 0 Å². The summed E-state index contributed by atoms with van der Waals surface area (Å²) in [5, 5.41) is 3.23. The molecular formula is C32H40N6O2. The minimum Gasteiger partial charge on any atom is -0.378 e. The molecule has 0 aliphatic carbocycles. The number of morpholine rings is 1. The van der Waals surface area contributed by atoms with Crippen molar-refractivity contribution >= 4 is 11.6 Å². The van der Waals surface area contributed by atoms with Gasteiger partial charge >= 0.3 is 0 Å². The largest absolute Gasteiger partial charge is 0.378 e. The maximum Gasteiger partial charge on any atom is 0.237 e. The Morgan fingerprint density at radius 2 is 1.73 bits per heavy atom. The van der Waals surface area contributed by atoms with Crippen molar-refractivity contribution < 1.29 is 9.53 Å². The number of ether oxygens (including phenoxy) is 1. The van der Waals surface area contributed by atoms with Crippen LogP contribution in [0.1, 0.15) is 41.8 Å². The zero-order chi connectivity index (χ0) is 27.3. The normalized spacial score (nSPS) is 21.5. The van der Waals surface area contributed by atoms with Crippen molar-refractivity contribution in [2.24, 2.45) is 0 Å². The van der Waals surface area contributed by atoms with Gasteiger partial charge in [-0.05, 0) is 74.3 Å². The monoisotopic (exact) mass is 540 g/mol. The Morgan fingerprint density at radius 3 is 2.58 bits per heavy atom. The number of fused-ring (bicyclic) bond motifs is 8. The molecule has 2 saturated heterocycles. The summed E-state index contributed by atoms with van der Waals surface area (Å²) >= 11 is 0. The molecule has 1 atom stereocenters. The predicted octanol–water partition coefficient (Wildman–Crippen LogP) is 3.49. The first-order chi connectivity index (χ1) is 19.6. The molecule has 6 bridgehead atoms. The van der Waals surface area contributed by atoms with E-state index in [9.17, 15) is 4.79 Å². The van der Waals surface area contributed by atoms with E-state index in [4.69, 9.17) is 9.72 Å². The van der Waals surface area contributed by atoms with Crippen molar-refractivity contribution in [1.29, 1.82) is 0 Å². The second-order valence-electron chi connectivity index (χ2n) is 11.3. The van der Waals surface area contributed by atoms with Crippen molar-refractivity contribution in [2.45, 2.75) is 44.8 Å². The molecule has 40 heavy (non-hydrogen) atoms. The standard InChI is InChI=1S/C32H40N6O2/c1-36-12-3-10-34-32(39)30-4-2-13-38(30)23-26-18-25(19-28(20-26)37-14-16-40-17-15-37)21-31-33-11-9-29(35-31)27-7-5-24(22-36)6-8-27/h5-9,11,18-20,30H,2-4,10,12-17,21-23H2,1H3,(H,34,39)/t30-/m0/s1. The number of benzene rings is 2. The minimum absolute atomic E-state index is 0.0689. The SMILES string of the molecule is CN1CCCNC(=O)[C@@H]2CCCN2Cc2cc(cc(N3CCOCC3)c2)Cc2nccc(n2)-c2ccc(cc2)C1. The molecule has 0 spiro atoms. The molecule has 8 heteroatoms. The van der Waals surface area contributed by atoms with Crippen LogP contribution in [0.3, 0.4) is 0 Å². The highest BCUT2D eigenvalue weighted by Gasteiger charge is 2.30. The Kier molecular flexibility index (Phi) is 8.37. The number of aromatic nitrogens is 2. The lowest BCUT2D eigenvalue weighted by Gasteiger charge is -2.30. The smallest absolute Gasteiger partial charge is 0.237 e. The van der Waals surface area contributed by atoms with Crippen molar-refractivity contribution in [1.82, 2.24) is 25.1 Å². The van der Waals surface area contributed by atoms with Crippen LogP contribution in [0, 0.1) is 0 Å². The van der Waals surface area contributed by atoms with Crippen LogP contribution >= 0.6 is 0 Å². The number of hydrogen-bond acceptors (Lipinski definition) is 7. The molecule has 3 aromatic rings. The minimum atomic E-state index is -0.0689. The molecule has 4 aliphatic heterocycles. The van der Waals surface area contributed by atoms with E-state index in [1.807, 2.05) is 12.3 Å². The van der Waals surface area contributed by atoms with Gasteiger partial charge in [0.2, 0.25) is 5.91 Å². The molecule has 0 radical (unpaired) electrons. The third-order valence-corrected chi connectivity index (χ3v) is 8.25. The topological polar surface area (TPSA) is 73.8 Å². The first kappa shape index (κ1) is 26.9. The quantitative estimate of drug-likeness (QED) is 0.507. The molecule has 1 aromatic heterocycles. The summed E-state index contributed by atoms with van der Waals surface area (Å²) in [7, 11) is 2.14. The second kappa shape index (κ2) is 12.5. The summed E-state index contributed by atoms with van der Waals surface area (Å²) in [6, 6.07) is 17.5. The number of amides is 1. The van der Waals surface area contributed by atoms with Crippen LogP contribution in [-0.2, 0) is 29.0 Å². The Bertz CT molecular complexity index is 1310. The molecular weight excluding hydrogens is 500 g/mol. The van der Waals surface area contributed by atoms with Crippen molar-refractivity contribution in [3.63, 3.8) is 0 Å². The lowest BCUT2D eigenvalue weighted by atomic mass is 10.0. The van der Waals surface area contributed by atoms with E-state index in [0.29, 0.717) is 13.0 Å². The van der Waals surface area contributed by atoms with E-state index >= 15 is 0 Å². The van der Waals surface area contributed by atoms with Gasteiger partial charge in [0, 0.05) is 56.6 Å². The van der Waals surface area contributed by atoms with Crippen LogP contribution in [0.2, 0.25) is 0 Å². The summed E-state index contributed by atoms with van der Waals surface area (Å²) in [5.74, 6) is 0.979. The molecule has 1 amide bonds. The van der Waals surface area contributed by atoms with Crippen LogP contribution in [0.15, 0.2) is 54.7 Å². The van der Waals surface area contributed by atoms with Crippen LogP contribution in [0.5, 0.6) is 0 Å². The molecule has 5 heterocycles. The lowest BCUT2D eigenvalue weighted by molar-refractivity contribution is -0.125. The van der Waals surface area contributed by atoms with Gasteiger partial charge in [0.05, 0.1) is 24.9 Å². The van der Waals surface area contributed by atoms with Gasteiger partial charge in [0.25, 0.3) is 0 Å². The number of hydrogen-bond donors (Lipinski definition) is 1. The van der Waals surface area contributed by atoms with Gasteiger partial charge in [-0.3, -0.25) is 9.69 Å². The summed E-state index contributed by atoms with van der Waals surface area (Å²) in [4.78, 5) is 29.9. The van der Waals surface area contributed by atoms with Crippen LogP contribution in [0.4, 0.5) is 5.69 Å². The number of nitrogens with one attached hydrogen (secondary N) is 1. The van der Waals surface area contributed by atoms with E-state index < -0.39 is 0 Å². The molecule has 7 rings (SSSR count). The predicted molar refractivity (Wildman–Crippen MR) is 157 cm³/mol. The zero-order valence-corrected chi connectivity index (χ0v) is 23.5. The maximum atomic E-state index is 13.2. The number of nitrogens with zero attached hydrogens (tertiary/aromatic N) is 5. The first-order valence-corrected chi connectivity index (χ1v) is 14.7. The Labute approximate surface area is 237 Å². The Balaban J connectivity index is 1.33. The van der Waals surface area contributed by atoms with Crippen molar-refractivity contribution in [3.8, 4) is 11.3 Å². The van der Waals surface area contributed by atoms with E-state index in [1.54, 1.807) is 0 Å². The van der Waals surface area contributed by atoms with Crippen LogP contribution in [-0.4, -0.2) is 84.7 Å². The van der Waals surface area contributed by atoms with E-state index in [0.717, 1.165) is 88.8 Å². The number of anilines is 1.